The molecule has 4 rings (SSSR count). The van der Waals surface area contributed by atoms with Crippen LogP contribution in [0.3, 0.4) is 0 Å². The molecule has 1 aliphatic carbocycles. The Kier molecular flexibility index (Phi) is 4.27. The lowest BCUT2D eigenvalue weighted by Crippen LogP contribution is -2.45. The molecule has 2 fully saturated rings. The van der Waals surface area contributed by atoms with Crippen molar-refractivity contribution < 1.29 is 14.3 Å². The first kappa shape index (κ1) is 17.5. The first-order valence-electron chi connectivity index (χ1n) is 8.62. The molecule has 1 aliphatic heterocycles. The summed E-state index contributed by atoms with van der Waals surface area (Å²) < 4.78 is 17.3. The number of benzene rings is 1. The number of carboxylic acid groups (broad SMARTS) is 1. The first-order valence-corrected chi connectivity index (χ1v) is 9.41. The fourth-order valence-corrected chi connectivity index (χ4v) is 4.40. The predicted octanol–water partition coefficient (Wildman–Crippen LogP) is 2.69. The van der Waals surface area contributed by atoms with Crippen molar-refractivity contribution in [3.05, 3.63) is 38.3 Å². The summed E-state index contributed by atoms with van der Waals surface area (Å²) in [5.41, 5.74) is 0.0669. The van der Waals surface area contributed by atoms with Gasteiger partial charge in [0, 0.05) is 38.4 Å². The summed E-state index contributed by atoms with van der Waals surface area (Å²) in [4.78, 5) is 28.2. The van der Waals surface area contributed by atoms with Crippen LogP contribution in [0, 0.1) is 5.82 Å². The van der Waals surface area contributed by atoms with E-state index in [2.05, 4.69) is 20.8 Å². The zero-order valence-corrected chi connectivity index (χ0v) is 15.9. The number of rotatable bonds is 3. The molecule has 1 saturated heterocycles. The number of likely N-dealkylation sites (N-methyl/N-ethyl adjacent to an activating group) is 1. The van der Waals surface area contributed by atoms with Gasteiger partial charge in [0.05, 0.1) is 21.1 Å². The van der Waals surface area contributed by atoms with Crippen LogP contribution in [0.15, 0.2) is 21.5 Å². The van der Waals surface area contributed by atoms with Gasteiger partial charge in [0.25, 0.3) is 0 Å². The second kappa shape index (κ2) is 6.35. The third-order valence-corrected chi connectivity index (χ3v) is 5.93. The lowest BCUT2D eigenvalue weighted by atomic mass is 10.1. The van der Waals surface area contributed by atoms with Crippen LogP contribution in [0.5, 0.6) is 0 Å². The van der Waals surface area contributed by atoms with Crippen LogP contribution in [0.2, 0.25) is 0 Å². The van der Waals surface area contributed by atoms with Gasteiger partial charge in [-0.1, -0.05) is 0 Å². The molecule has 0 radical (unpaired) electrons. The quantitative estimate of drug-likeness (QED) is 0.821. The summed E-state index contributed by atoms with van der Waals surface area (Å²) in [6.45, 7) is 3.05. The third kappa shape index (κ3) is 2.81. The Bertz CT molecular complexity index is 963. The molecule has 0 unspecified atom stereocenters. The number of piperazine rings is 1. The van der Waals surface area contributed by atoms with Gasteiger partial charge in [-0.05, 0) is 41.9 Å². The van der Waals surface area contributed by atoms with E-state index in [-0.39, 0.29) is 17.0 Å². The molecule has 6 nitrogen and oxygen atoms in total. The third-order valence-electron chi connectivity index (χ3n) is 5.17. The van der Waals surface area contributed by atoms with Crippen molar-refractivity contribution in [2.24, 2.45) is 0 Å². The van der Waals surface area contributed by atoms with E-state index in [1.807, 2.05) is 16.5 Å². The van der Waals surface area contributed by atoms with Crippen molar-refractivity contribution in [2.45, 2.75) is 18.9 Å². The smallest absolute Gasteiger partial charge is 0.341 e. The van der Waals surface area contributed by atoms with Gasteiger partial charge >= 0.3 is 5.97 Å². The van der Waals surface area contributed by atoms with E-state index >= 15 is 0 Å². The monoisotopic (exact) mass is 423 g/mol. The largest absolute Gasteiger partial charge is 0.477 e. The number of aromatic carboxylic acids is 1. The Hall–Kier alpha value is -1.93. The van der Waals surface area contributed by atoms with Gasteiger partial charge in [0.1, 0.15) is 11.4 Å². The minimum Gasteiger partial charge on any atom is -0.477 e. The van der Waals surface area contributed by atoms with E-state index in [4.69, 9.17) is 0 Å². The van der Waals surface area contributed by atoms with Crippen LogP contribution in [-0.4, -0.2) is 53.8 Å². The van der Waals surface area contributed by atoms with Gasteiger partial charge in [-0.3, -0.25) is 4.79 Å². The predicted molar refractivity (Wildman–Crippen MR) is 101 cm³/mol. The van der Waals surface area contributed by atoms with E-state index in [0.717, 1.165) is 25.9 Å². The minimum absolute atomic E-state index is 0.110. The van der Waals surface area contributed by atoms with Crippen LogP contribution in [0.25, 0.3) is 10.9 Å². The molecule has 2 heterocycles. The molecular weight excluding hydrogens is 405 g/mol. The Morgan fingerprint density at radius 1 is 1.27 bits per heavy atom. The van der Waals surface area contributed by atoms with Gasteiger partial charge in [-0.2, -0.15) is 0 Å². The van der Waals surface area contributed by atoms with Crippen molar-refractivity contribution >= 4 is 38.5 Å². The van der Waals surface area contributed by atoms with Crippen LogP contribution < -0.4 is 10.3 Å². The number of halogens is 2. The number of fused-ring (bicyclic) bond motifs is 1. The highest BCUT2D eigenvalue weighted by molar-refractivity contribution is 9.10. The molecule has 1 aromatic heterocycles. The van der Waals surface area contributed by atoms with E-state index in [1.54, 1.807) is 0 Å². The standard InChI is InChI=1S/C18H19BrFN3O3/c1-21-4-6-22(7-5-21)16-13(20)8-11-15(14(16)19)23(10-2-3-10)9-12(17(11)24)18(25)26/h8-10H,2-7H2,1H3,(H,25,26). The molecule has 138 valence electrons. The van der Waals surface area contributed by atoms with Gasteiger partial charge in [0.15, 0.2) is 0 Å². The number of hydrogen-bond acceptors (Lipinski definition) is 4. The molecule has 26 heavy (non-hydrogen) atoms. The first-order chi connectivity index (χ1) is 12.4. The van der Waals surface area contributed by atoms with Crippen molar-refractivity contribution in [1.29, 1.82) is 0 Å². The number of pyridine rings is 1. The normalized spacial score (nSPS) is 18.5. The zero-order valence-electron chi connectivity index (χ0n) is 14.3. The van der Waals surface area contributed by atoms with Crippen LogP contribution in [0.4, 0.5) is 10.1 Å². The summed E-state index contributed by atoms with van der Waals surface area (Å²) in [5.74, 6) is -1.79. The van der Waals surface area contributed by atoms with E-state index in [0.29, 0.717) is 28.8 Å². The number of carbonyl (C=O) groups is 1. The Morgan fingerprint density at radius 2 is 1.92 bits per heavy atom. The molecule has 1 N–H and O–H groups in total. The lowest BCUT2D eigenvalue weighted by molar-refractivity contribution is 0.0695. The molecule has 0 spiro atoms. The van der Waals surface area contributed by atoms with Gasteiger partial charge in [0.2, 0.25) is 5.43 Å². The molecule has 8 heteroatoms. The molecule has 0 amide bonds. The summed E-state index contributed by atoms with van der Waals surface area (Å²) >= 11 is 3.52. The highest BCUT2D eigenvalue weighted by atomic mass is 79.9. The van der Waals surface area contributed by atoms with Gasteiger partial charge < -0.3 is 19.5 Å². The van der Waals surface area contributed by atoms with Gasteiger partial charge in [-0.25, -0.2) is 9.18 Å². The molecule has 1 aromatic carbocycles. The summed E-state index contributed by atoms with van der Waals surface area (Å²) in [7, 11) is 2.03. The van der Waals surface area contributed by atoms with Crippen LogP contribution in [-0.2, 0) is 0 Å². The van der Waals surface area contributed by atoms with Gasteiger partial charge in [-0.15, -0.1) is 0 Å². The molecule has 2 aliphatic rings. The lowest BCUT2D eigenvalue weighted by Gasteiger charge is -2.35. The number of carboxylic acids is 1. The highest BCUT2D eigenvalue weighted by Crippen LogP contribution is 2.42. The second-order valence-electron chi connectivity index (χ2n) is 7.02. The highest BCUT2D eigenvalue weighted by Gasteiger charge is 2.30. The van der Waals surface area contributed by atoms with Crippen molar-refractivity contribution in [3.8, 4) is 0 Å². The number of anilines is 1. The maximum absolute atomic E-state index is 14.9. The molecule has 0 atom stereocenters. The molecule has 2 aromatic rings. The zero-order chi connectivity index (χ0) is 18.6. The fourth-order valence-electron chi connectivity index (χ4n) is 3.54. The number of nitrogens with zero attached hydrogens (tertiary/aromatic N) is 3. The molecule has 1 saturated carbocycles. The summed E-state index contributed by atoms with van der Waals surface area (Å²) in [5, 5.41) is 9.45. The Morgan fingerprint density at radius 3 is 2.50 bits per heavy atom. The van der Waals surface area contributed by atoms with Crippen molar-refractivity contribution in [2.75, 3.05) is 38.1 Å². The number of hydrogen-bond donors (Lipinski definition) is 1. The summed E-state index contributed by atoms with van der Waals surface area (Å²) in [6, 6.07) is 1.35. The average Bonchev–Trinajstić information content (AvgIpc) is 3.42. The molecule has 0 bridgehead atoms. The maximum Gasteiger partial charge on any atom is 0.341 e. The average molecular weight is 424 g/mol. The van der Waals surface area contributed by atoms with E-state index in [9.17, 15) is 19.1 Å². The van der Waals surface area contributed by atoms with Crippen LogP contribution in [0.1, 0.15) is 29.2 Å². The summed E-state index contributed by atoms with van der Waals surface area (Å²) in [6.07, 6.45) is 3.25. The molecular formula is C18H19BrFN3O3. The van der Waals surface area contributed by atoms with Crippen LogP contribution >= 0.6 is 15.9 Å². The number of aromatic nitrogens is 1. The SMILES string of the molecule is CN1CCN(c2c(F)cc3c(=O)c(C(=O)O)cn(C4CC4)c3c2Br)CC1. The van der Waals surface area contributed by atoms with E-state index in [1.165, 1.54) is 12.3 Å². The topological polar surface area (TPSA) is 65.8 Å². The fraction of sp³-hybridized carbons (Fsp3) is 0.444. The Balaban J connectivity index is 1.97. The van der Waals surface area contributed by atoms with E-state index < -0.39 is 17.2 Å². The Labute approximate surface area is 157 Å². The maximum atomic E-state index is 14.9. The minimum atomic E-state index is -1.29. The second-order valence-corrected chi connectivity index (χ2v) is 7.82. The van der Waals surface area contributed by atoms with Crippen molar-refractivity contribution in [3.63, 3.8) is 0 Å². The van der Waals surface area contributed by atoms with Crippen molar-refractivity contribution in [1.82, 2.24) is 9.47 Å².